The lowest BCUT2D eigenvalue weighted by atomic mass is 10.1. The molecular formula is C20H16N2O2. The number of ketones is 1. The van der Waals surface area contributed by atoms with Gasteiger partial charge in [-0.2, -0.15) is 5.10 Å². The van der Waals surface area contributed by atoms with Crippen LogP contribution >= 0.6 is 0 Å². The summed E-state index contributed by atoms with van der Waals surface area (Å²) in [6, 6.07) is 20.1. The van der Waals surface area contributed by atoms with E-state index in [2.05, 4.69) is 5.10 Å². The van der Waals surface area contributed by atoms with E-state index in [0.717, 1.165) is 5.56 Å². The third kappa shape index (κ3) is 3.93. The van der Waals surface area contributed by atoms with Crippen LogP contribution in [0.25, 0.3) is 6.08 Å². The van der Waals surface area contributed by atoms with Crippen molar-refractivity contribution >= 4 is 11.9 Å². The Balaban J connectivity index is 1.74. The summed E-state index contributed by atoms with van der Waals surface area (Å²) < 4.78 is 1.39. The molecule has 0 saturated heterocycles. The summed E-state index contributed by atoms with van der Waals surface area (Å²) in [7, 11) is 0. The van der Waals surface area contributed by atoms with Crippen molar-refractivity contribution in [1.29, 1.82) is 0 Å². The molecule has 3 rings (SSSR count). The number of allylic oxidation sites excluding steroid dienone is 1. The molecule has 24 heavy (non-hydrogen) atoms. The van der Waals surface area contributed by atoms with Gasteiger partial charge in [0, 0.05) is 17.2 Å². The highest BCUT2D eigenvalue weighted by Crippen LogP contribution is 2.04. The van der Waals surface area contributed by atoms with Gasteiger partial charge >= 0.3 is 0 Å². The molecule has 0 aliphatic heterocycles. The third-order valence-electron chi connectivity index (χ3n) is 3.55. The fourth-order valence-corrected chi connectivity index (χ4v) is 2.28. The quantitative estimate of drug-likeness (QED) is 0.536. The molecule has 0 bridgehead atoms. The second-order valence-corrected chi connectivity index (χ2v) is 5.33. The number of aromatic nitrogens is 2. The molecule has 118 valence electrons. The van der Waals surface area contributed by atoms with E-state index in [1.165, 1.54) is 16.8 Å². The van der Waals surface area contributed by atoms with Crippen LogP contribution in [0.2, 0.25) is 0 Å². The van der Waals surface area contributed by atoms with Crippen molar-refractivity contribution < 1.29 is 4.79 Å². The molecule has 4 nitrogen and oxygen atoms in total. The van der Waals surface area contributed by atoms with Crippen LogP contribution in [-0.2, 0) is 6.54 Å². The largest absolute Gasteiger partial charge is 0.289 e. The summed E-state index contributed by atoms with van der Waals surface area (Å²) in [4.78, 5) is 24.2. The van der Waals surface area contributed by atoms with Gasteiger partial charge in [-0.1, -0.05) is 60.7 Å². The Kier molecular flexibility index (Phi) is 4.77. The first-order chi connectivity index (χ1) is 11.7. The van der Waals surface area contributed by atoms with Gasteiger partial charge in [0.25, 0.3) is 5.56 Å². The molecule has 0 aliphatic carbocycles. The van der Waals surface area contributed by atoms with E-state index in [1.807, 2.05) is 48.5 Å². The molecular weight excluding hydrogens is 300 g/mol. The summed E-state index contributed by atoms with van der Waals surface area (Å²) in [5, 5.41) is 4.17. The monoisotopic (exact) mass is 316 g/mol. The van der Waals surface area contributed by atoms with Gasteiger partial charge in [-0.15, -0.1) is 0 Å². The molecule has 0 N–H and O–H groups in total. The molecule has 2 aromatic carbocycles. The lowest BCUT2D eigenvalue weighted by Crippen LogP contribution is -2.22. The first kappa shape index (κ1) is 15.6. The molecule has 4 heteroatoms. The smallest absolute Gasteiger partial charge is 0.267 e. The Morgan fingerprint density at radius 3 is 2.33 bits per heavy atom. The Labute approximate surface area is 139 Å². The van der Waals surface area contributed by atoms with Crippen molar-refractivity contribution in [1.82, 2.24) is 9.78 Å². The van der Waals surface area contributed by atoms with Crippen LogP contribution in [0.3, 0.4) is 0 Å². The summed E-state index contributed by atoms with van der Waals surface area (Å²) in [6.07, 6.45) is 4.64. The number of carbonyl (C=O) groups excluding carboxylic acids is 1. The van der Waals surface area contributed by atoms with E-state index < -0.39 is 0 Å². The van der Waals surface area contributed by atoms with Gasteiger partial charge < -0.3 is 0 Å². The Morgan fingerprint density at radius 1 is 1.00 bits per heavy atom. The predicted octanol–water partition coefficient (Wildman–Crippen LogP) is 3.19. The van der Waals surface area contributed by atoms with Gasteiger partial charge in [-0.25, -0.2) is 4.68 Å². The molecule has 0 atom stereocenters. The zero-order valence-corrected chi connectivity index (χ0v) is 13.0. The summed E-state index contributed by atoms with van der Waals surface area (Å²) in [5.41, 5.74) is 2.02. The normalized spacial score (nSPS) is 10.8. The molecule has 3 aromatic rings. The van der Waals surface area contributed by atoms with Crippen LogP contribution in [0.15, 0.2) is 83.8 Å². The van der Waals surface area contributed by atoms with Crippen LogP contribution < -0.4 is 5.56 Å². The van der Waals surface area contributed by atoms with Gasteiger partial charge in [0.15, 0.2) is 5.78 Å². The minimum absolute atomic E-state index is 0.107. The fraction of sp³-hybridized carbons (Fsp3) is 0.0500. The summed E-state index contributed by atoms with van der Waals surface area (Å²) in [5.74, 6) is -0.107. The maximum atomic E-state index is 12.1. The van der Waals surface area contributed by atoms with E-state index in [-0.39, 0.29) is 11.3 Å². The molecule has 0 unspecified atom stereocenters. The average molecular weight is 316 g/mol. The van der Waals surface area contributed by atoms with Crippen molar-refractivity contribution in [3.8, 4) is 0 Å². The van der Waals surface area contributed by atoms with Gasteiger partial charge in [-0.05, 0) is 17.7 Å². The number of hydrogen-bond acceptors (Lipinski definition) is 3. The van der Waals surface area contributed by atoms with Crippen molar-refractivity contribution in [2.45, 2.75) is 6.54 Å². The van der Waals surface area contributed by atoms with Crippen LogP contribution in [0, 0.1) is 0 Å². The van der Waals surface area contributed by atoms with Crippen LogP contribution in [0.1, 0.15) is 21.5 Å². The molecule has 0 spiro atoms. The molecule has 0 aliphatic rings. The second kappa shape index (κ2) is 7.33. The van der Waals surface area contributed by atoms with Crippen LogP contribution in [-0.4, -0.2) is 15.6 Å². The van der Waals surface area contributed by atoms with E-state index in [0.29, 0.717) is 17.7 Å². The number of rotatable bonds is 5. The third-order valence-corrected chi connectivity index (χ3v) is 3.55. The van der Waals surface area contributed by atoms with Gasteiger partial charge in [-0.3, -0.25) is 9.59 Å². The Morgan fingerprint density at radius 2 is 1.67 bits per heavy atom. The lowest BCUT2D eigenvalue weighted by Gasteiger charge is -2.04. The zero-order valence-electron chi connectivity index (χ0n) is 13.0. The number of benzene rings is 2. The molecule has 0 saturated carbocycles. The first-order valence-corrected chi connectivity index (χ1v) is 7.61. The van der Waals surface area contributed by atoms with E-state index in [9.17, 15) is 9.59 Å². The summed E-state index contributed by atoms with van der Waals surface area (Å²) in [6.45, 7) is 0.423. The van der Waals surface area contributed by atoms with Gasteiger partial charge in [0.05, 0.1) is 12.7 Å². The van der Waals surface area contributed by atoms with Crippen molar-refractivity contribution in [2.75, 3.05) is 0 Å². The molecule has 1 aromatic heterocycles. The molecule has 0 amide bonds. The number of carbonyl (C=O) groups is 1. The lowest BCUT2D eigenvalue weighted by molar-refractivity contribution is 0.104. The Hall–Kier alpha value is -3.27. The van der Waals surface area contributed by atoms with E-state index >= 15 is 0 Å². The maximum Gasteiger partial charge on any atom is 0.267 e. The predicted molar refractivity (Wildman–Crippen MR) is 93.8 cm³/mol. The van der Waals surface area contributed by atoms with Crippen molar-refractivity contribution in [3.05, 3.63) is 106 Å². The summed E-state index contributed by atoms with van der Waals surface area (Å²) >= 11 is 0. The van der Waals surface area contributed by atoms with Gasteiger partial charge in [0.2, 0.25) is 0 Å². The van der Waals surface area contributed by atoms with Gasteiger partial charge in [0.1, 0.15) is 0 Å². The minimum Gasteiger partial charge on any atom is -0.289 e. The minimum atomic E-state index is -0.201. The average Bonchev–Trinajstić information content (AvgIpc) is 2.63. The molecule has 0 radical (unpaired) electrons. The van der Waals surface area contributed by atoms with Crippen molar-refractivity contribution in [3.63, 3.8) is 0 Å². The molecule has 1 heterocycles. The highest BCUT2D eigenvalue weighted by Gasteiger charge is 2.02. The van der Waals surface area contributed by atoms with E-state index in [4.69, 9.17) is 0 Å². The SMILES string of the molecule is O=C(/C=C/c1cnn(Cc2ccccc2)c(=O)c1)c1ccccc1. The second-order valence-electron chi connectivity index (χ2n) is 5.33. The van der Waals surface area contributed by atoms with Crippen LogP contribution in [0.5, 0.6) is 0 Å². The number of nitrogens with zero attached hydrogens (tertiary/aromatic N) is 2. The highest BCUT2D eigenvalue weighted by atomic mass is 16.1. The first-order valence-electron chi connectivity index (χ1n) is 7.61. The fourth-order valence-electron chi connectivity index (χ4n) is 2.28. The highest BCUT2D eigenvalue weighted by molar-refractivity contribution is 6.06. The zero-order chi connectivity index (χ0) is 16.8. The van der Waals surface area contributed by atoms with E-state index in [1.54, 1.807) is 24.4 Å². The number of hydrogen-bond donors (Lipinski definition) is 0. The van der Waals surface area contributed by atoms with Crippen LogP contribution in [0.4, 0.5) is 0 Å². The maximum absolute atomic E-state index is 12.1. The molecule has 0 fully saturated rings. The van der Waals surface area contributed by atoms with Crippen molar-refractivity contribution in [2.24, 2.45) is 0 Å². The Bertz CT molecular complexity index is 913. The standard InChI is InChI=1S/C20H16N2O2/c23-19(18-9-5-2-6-10-18)12-11-17-13-20(24)22(21-14-17)15-16-7-3-1-4-8-16/h1-14H,15H2/b12-11+. The topological polar surface area (TPSA) is 52.0 Å².